The molecule has 0 amide bonds. The summed E-state index contributed by atoms with van der Waals surface area (Å²) in [5, 5.41) is 0.607. The standard InChI is InChI=1S/C15H10N4OS/c20-14-10-3-1-2-4-11(10)18-15(21)19(14)9-5-6-12-13(7-9)17-8-16-12/h1-8H,(H,16,17)(H,18,21). The minimum Gasteiger partial charge on any atom is -0.345 e. The zero-order chi connectivity index (χ0) is 14.4. The first-order valence-corrected chi connectivity index (χ1v) is 6.82. The number of benzene rings is 2. The van der Waals surface area contributed by atoms with Crippen LogP contribution in [0.15, 0.2) is 53.6 Å². The zero-order valence-corrected chi connectivity index (χ0v) is 11.6. The van der Waals surface area contributed by atoms with Crippen molar-refractivity contribution < 1.29 is 0 Å². The van der Waals surface area contributed by atoms with Crippen molar-refractivity contribution in [2.24, 2.45) is 0 Å². The van der Waals surface area contributed by atoms with Crippen LogP contribution in [0.1, 0.15) is 0 Å². The number of hydrogen-bond donors (Lipinski definition) is 2. The highest BCUT2D eigenvalue weighted by atomic mass is 32.1. The van der Waals surface area contributed by atoms with E-state index in [-0.39, 0.29) is 5.56 Å². The van der Waals surface area contributed by atoms with Crippen LogP contribution in [0.3, 0.4) is 0 Å². The molecule has 2 aromatic heterocycles. The SMILES string of the molecule is O=c1c2ccccc2[nH]c(=S)n1-c1ccc2nc[nH]c2c1. The second-order valence-electron chi connectivity index (χ2n) is 4.72. The van der Waals surface area contributed by atoms with Crippen molar-refractivity contribution in [2.45, 2.75) is 0 Å². The van der Waals surface area contributed by atoms with Crippen molar-refractivity contribution in [1.29, 1.82) is 0 Å². The molecular formula is C15H10N4OS. The van der Waals surface area contributed by atoms with Gasteiger partial charge in [0.2, 0.25) is 0 Å². The van der Waals surface area contributed by atoms with Crippen molar-refractivity contribution >= 4 is 34.2 Å². The van der Waals surface area contributed by atoms with Gasteiger partial charge in [0.1, 0.15) is 0 Å². The van der Waals surface area contributed by atoms with Crippen molar-refractivity contribution in [2.75, 3.05) is 0 Å². The molecule has 6 heteroatoms. The summed E-state index contributed by atoms with van der Waals surface area (Å²) in [6.45, 7) is 0. The summed E-state index contributed by atoms with van der Waals surface area (Å²) in [5.41, 5.74) is 3.03. The molecule has 2 heterocycles. The van der Waals surface area contributed by atoms with Crippen LogP contribution in [0, 0.1) is 4.77 Å². The summed E-state index contributed by atoms with van der Waals surface area (Å²) in [6, 6.07) is 12.9. The predicted octanol–water partition coefficient (Wildman–Crippen LogP) is 2.92. The lowest BCUT2D eigenvalue weighted by Gasteiger charge is -2.08. The number of aromatic amines is 2. The van der Waals surface area contributed by atoms with E-state index in [4.69, 9.17) is 12.2 Å². The lowest BCUT2D eigenvalue weighted by Crippen LogP contribution is -2.20. The maximum atomic E-state index is 12.7. The van der Waals surface area contributed by atoms with Crippen LogP contribution in [0.25, 0.3) is 27.6 Å². The van der Waals surface area contributed by atoms with Gasteiger partial charge >= 0.3 is 0 Å². The second-order valence-corrected chi connectivity index (χ2v) is 5.11. The van der Waals surface area contributed by atoms with Crippen molar-refractivity contribution in [3.8, 4) is 5.69 Å². The number of imidazole rings is 1. The van der Waals surface area contributed by atoms with Gasteiger partial charge in [-0.3, -0.25) is 9.36 Å². The molecule has 0 aliphatic heterocycles. The van der Waals surface area contributed by atoms with Crippen LogP contribution in [0.5, 0.6) is 0 Å². The number of para-hydroxylation sites is 1. The average molecular weight is 294 g/mol. The Bertz CT molecular complexity index is 1090. The first kappa shape index (κ1) is 12.0. The van der Waals surface area contributed by atoms with E-state index in [9.17, 15) is 4.79 Å². The van der Waals surface area contributed by atoms with Crippen LogP contribution in [0.2, 0.25) is 0 Å². The van der Waals surface area contributed by atoms with E-state index in [2.05, 4.69) is 15.0 Å². The maximum Gasteiger partial charge on any atom is 0.266 e. The lowest BCUT2D eigenvalue weighted by molar-refractivity contribution is 0.941. The molecule has 102 valence electrons. The summed E-state index contributed by atoms with van der Waals surface area (Å²) in [5.74, 6) is 0. The van der Waals surface area contributed by atoms with E-state index in [1.807, 2.05) is 36.4 Å². The van der Waals surface area contributed by atoms with E-state index < -0.39 is 0 Å². The van der Waals surface area contributed by atoms with Crippen molar-refractivity contribution in [1.82, 2.24) is 19.5 Å². The largest absolute Gasteiger partial charge is 0.345 e. The number of hydrogen-bond acceptors (Lipinski definition) is 3. The van der Waals surface area contributed by atoms with E-state index >= 15 is 0 Å². The third-order valence-electron chi connectivity index (χ3n) is 3.47. The van der Waals surface area contributed by atoms with Crippen LogP contribution >= 0.6 is 12.2 Å². The molecule has 0 spiro atoms. The number of fused-ring (bicyclic) bond motifs is 2. The third kappa shape index (κ3) is 1.80. The van der Waals surface area contributed by atoms with E-state index in [0.717, 1.165) is 16.6 Å². The molecule has 2 N–H and O–H groups in total. The fourth-order valence-electron chi connectivity index (χ4n) is 2.46. The van der Waals surface area contributed by atoms with Gasteiger partial charge in [0.25, 0.3) is 5.56 Å². The summed E-state index contributed by atoms with van der Waals surface area (Å²) >= 11 is 5.33. The molecule has 4 aromatic rings. The summed E-state index contributed by atoms with van der Waals surface area (Å²) in [7, 11) is 0. The van der Waals surface area contributed by atoms with Gasteiger partial charge in [-0.1, -0.05) is 12.1 Å². The number of nitrogens with zero attached hydrogens (tertiary/aromatic N) is 2. The molecule has 5 nitrogen and oxygen atoms in total. The van der Waals surface area contributed by atoms with Gasteiger partial charge in [-0.15, -0.1) is 0 Å². The molecule has 0 aliphatic rings. The van der Waals surface area contributed by atoms with Gasteiger partial charge < -0.3 is 9.97 Å². The molecule has 0 saturated carbocycles. The highest BCUT2D eigenvalue weighted by Crippen LogP contribution is 2.15. The highest BCUT2D eigenvalue weighted by molar-refractivity contribution is 7.71. The monoisotopic (exact) mass is 294 g/mol. The van der Waals surface area contributed by atoms with Crippen LogP contribution in [0.4, 0.5) is 0 Å². The molecule has 0 radical (unpaired) electrons. The second kappa shape index (κ2) is 4.39. The first-order chi connectivity index (χ1) is 10.2. The zero-order valence-electron chi connectivity index (χ0n) is 10.8. The minimum absolute atomic E-state index is 0.131. The number of nitrogens with one attached hydrogen (secondary N) is 2. The van der Waals surface area contributed by atoms with Crippen molar-refractivity contribution in [3.05, 3.63) is 63.9 Å². The Balaban J connectivity index is 2.10. The summed E-state index contributed by atoms with van der Waals surface area (Å²) < 4.78 is 1.87. The smallest absolute Gasteiger partial charge is 0.266 e. The van der Waals surface area contributed by atoms with Crippen LogP contribution in [-0.2, 0) is 0 Å². The molecule has 0 unspecified atom stereocenters. The third-order valence-corrected chi connectivity index (χ3v) is 3.75. The number of aromatic nitrogens is 4. The van der Waals surface area contributed by atoms with E-state index in [1.54, 1.807) is 12.4 Å². The molecule has 21 heavy (non-hydrogen) atoms. The van der Waals surface area contributed by atoms with Gasteiger partial charge in [-0.25, -0.2) is 4.98 Å². The molecule has 0 atom stereocenters. The van der Waals surface area contributed by atoms with Gasteiger partial charge in [-0.2, -0.15) is 0 Å². The molecule has 0 fully saturated rings. The fourth-order valence-corrected chi connectivity index (χ4v) is 2.76. The number of H-pyrrole nitrogens is 2. The van der Waals surface area contributed by atoms with Gasteiger partial charge in [0.05, 0.1) is 34.0 Å². The van der Waals surface area contributed by atoms with Crippen LogP contribution < -0.4 is 5.56 Å². The summed E-state index contributed by atoms with van der Waals surface area (Å²) in [6.07, 6.45) is 1.62. The predicted molar refractivity (Wildman–Crippen MR) is 84.4 cm³/mol. The molecule has 0 bridgehead atoms. The maximum absolute atomic E-state index is 12.7. The molecule has 2 aromatic carbocycles. The molecular weight excluding hydrogens is 284 g/mol. The normalized spacial score (nSPS) is 11.2. The van der Waals surface area contributed by atoms with E-state index in [1.165, 1.54) is 4.57 Å². The number of rotatable bonds is 1. The minimum atomic E-state index is -0.131. The Kier molecular flexibility index (Phi) is 2.52. The quantitative estimate of drug-likeness (QED) is 0.530. The van der Waals surface area contributed by atoms with Gasteiger partial charge in [-0.05, 0) is 42.5 Å². The Hall–Kier alpha value is -2.73. The Morgan fingerprint density at radius 3 is 2.86 bits per heavy atom. The van der Waals surface area contributed by atoms with Gasteiger partial charge in [0, 0.05) is 0 Å². The van der Waals surface area contributed by atoms with Crippen molar-refractivity contribution in [3.63, 3.8) is 0 Å². The molecule has 4 rings (SSSR count). The highest BCUT2D eigenvalue weighted by Gasteiger charge is 2.08. The lowest BCUT2D eigenvalue weighted by atomic mass is 10.2. The average Bonchev–Trinajstić information content (AvgIpc) is 2.95. The van der Waals surface area contributed by atoms with Gasteiger partial charge in [0.15, 0.2) is 4.77 Å². The summed E-state index contributed by atoms with van der Waals surface area (Å²) in [4.78, 5) is 23.0. The first-order valence-electron chi connectivity index (χ1n) is 6.41. The Morgan fingerprint density at radius 2 is 1.95 bits per heavy atom. The fraction of sp³-hybridized carbons (Fsp3) is 0. The Labute approximate surface area is 123 Å². The van der Waals surface area contributed by atoms with E-state index in [0.29, 0.717) is 15.8 Å². The van der Waals surface area contributed by atoms with Crippen LogP contribution in [-0.4, -0.2) is 19.5 Å². The topological polar surface area (TPSA) is 66.5 Å². The molecule has 0 aliphatic carbocycles. The Morgan fingerprint density at radius 1 is 1.10 bits per heavy atom. The molecule has 0 saturated heterocycles.